The minimum absolute atomic E-state index is 0.389. The summed E-state index contributed by atoms with van der Waals surface area (Å²) in [6, 6.07) is 7.39. The third-order valence-corrected chi connectivity index (χ3v) is 2.44. The number of nitrogens with two attached hydrogens (primary N) is 1. The van der Waals surface area contributed by atoms with Gasteiger partial charge in [0.05, 0.1) is 20.4 Å². The third-order valence-electron chi connectivity index (χ3n) is 2.44. The van der Waals surface area contributed by atoms with Crippen molar-refractivity contribution in [2.45, 2.75) is 0 Å². The number of nitrogen functional groups attached to an aromatic ring is 1. The monoisotopic (exact) mass is 231 g/mol. The van der Waals surface area contributed by atoms with Crippen molar-refractivity contribution >= 4 is 5.82 Å². The van der Waals surface area contributed by atoms with Crippen LogP contribution >= 0.6 is 0 Å². The van der Waals surface area contributed by atoms with Crippen molar-refractivity contribution in [2.75, 3.05) is 20.0 Å². The van der Waals surface area contributed by atoms with Crippen LogP contribution in [0.5, 0.6) is 11.5 Å². The largest absolute Gasteiger partial charge is 0.493 e. The molecule has 2 N–H and O–H groups in total. The van der Waals surface area contributed by atoms with E-state index >= 15 is 0 Å². The SMILES string of the molecule is COc1ccc(-c2ccnnc2N)cc1OC. The maximum Gasteiger partial charge on any atom is 0.161 e. The van der Waals surface area contributed by atoms with Crippen LogP contribution in [0.25, 0.3) is 11.1 Å². The average molecular weight is 231 g/mol. The number of rotatable bonds is 3. The summed E-state index contributed by atoms with van der Waals surface area (Å²) in [6.07, 6.45) is 1.60. The molecule has 0 saturated heterocycles. The Morgan fingerprint density at radius 2 is 1.82 bits per heavy atom. The fourth-order valence-corrected chi connectivity index (χ4v) is 1.59. The molecule has 0 fully saturated rings. The van der Waals surface area contributed by atoms with E-state index in [1.807, 2.05) is 24.3 Å². The number of hydrogen-bond donors (Lipinski definition) is 1. The lowest BCUT2D eigenvalue weighted by Crippen LogP contribution is -1.96. The maximum absolute atomic E-state index is 5.77. The van der Waals surface area contributed by atoms with E-state index in [4.69, 9.17) is 15.2 Å². The smallest absolute Gasteiger partial charge is 0.161 e. The lowest BCUT2D eigenvalue weighted by atomic mass is 10.1. The molecule has 2 aromatic rings. The van der Waals surface area contributed by atoms with Crippen LogP contribution in [0.4, 0.5) is 5.82 Å². The second kappa shape index (κ2) is 4.69. The summed E-state index contributed by atoms with van der Waals surface area (Å²) in [6.45, 7) is 0. The van der Waals surface area contributed by atoms with Crippen LogP contribution in [-0.2, 0) is 0 Å². The van der Waals surface area contributed by atoms with Gasteiger partial charge in [-0.25, -0.2) is 0 Å². The van der Waals surface area contributed by atoms with Gasteiger partial charge < -0.3 is 15.2 Å². The van der Waals surface area contributed by atoms with Crippen molar-refractivity contribution in [2.24, 2.45) is 0 Å². The fourth-order valence-electron chi connectivity index (χ4n) is 1.59. The highest BCUT2D eigenvalue weighted by Crippen LogP contribution is 2.33. The summed E-state index contributed by atoms with van der Waals surface area (Å²) < 4.78 is 10.4. The van der Waals surface area contributed by atoms with Gasteiger partial charge in [0.2, 0.25) is 0 Å². The van der Waals surface area contributed by atoms with E-state index in [2.05, 4.69) is 10.2 Å². The zero-order chi connectivity index (χ0) is 12.3. The Morgan fingerprint density at radius 1 is 1.06 bits per heavy atom. The van der Waals surface area contributed by atoms with Crippen molar-refractivity contribution in [3.8, 4) is 22.6 Å². The lowest BCUT2D eigenvalue weighted by Gasteiger charge is -2.10. The van der Waals surface area contributed by atoms with Gasteiger partial charge in [0, 0.05) is 5.56 Å². The van der Waals surface area contributed by atoms with Gasteiger partial charge in [-0.05, 0) is 23.8 Å². The number of hydrogen-bond acceptors (Lipinski definition) is 5. The standard InChI is InChI=1S/C12H13N3O2/c1-16-10-4-3-8(7-11(10)17-2)9-5-6-14-15-12(9)13/h3-7H,1-2H3,(H2,13,15). The van der Waals surface area contributed by atoms with Gasteiger partial charge in [0.25, 0.3) is 0 Å². The maximum atomic E-state index is 5.77. The molecule has 0 bridgehead atoms. The zero-order valence-electron chi connectivity index (χ0n) is 9.68. The lowest BCUT2D eigenvalue weighted by molar-refractivity contribution is 0.355. The first-order valence-electron chi connectivity index (χ1n) is 5.06. The Morgan fingerprint density at radius 3 is 2.47 bits per heavy atom. The molecular weight excluding hydrogens is 218 g/mol. The Labute approximate surface area is 99.2 Å². The van der Waals surface area contributed by atoms with Gasteiger partial charge in [0.15, 0.2) is 17.3 Å². The van der Waals surface area contributed by atoms with Crippen LogP contribution in [-0.4, -0.2) is 24.4 Å². The van der Waals surface area contributed by atoms with E-state index < -0.39 is 0 Å². The molecule has 0 atom stereocenters. The number of ether oxygens (including phenoxy) is 2. The quantitative estimate of drug-likeness (QED) is 0.871. The molecule has 88 valence electrons. The minimum Gasteiger partial charge on any atom is -0.493 e. The van der Waals surface area contributed by atoms with Crippen LogP contribution in [0.3, 0.4) is 0 Å². The van der Waals surface area contributed by atoms with Crippen molar-refractivity contribution in [1.82, 2.24) is 10.2 Å². The van der Waals surface area contributed by atoms with Gasteiger partial charge in [-0.1, -0.05) is 6.07 Å². The van der Waals surface area contributed by atoms with Crippen molar-refractivity contribution in [3.05, 3.63) is 30.5 Å². The summed E-state index contributed by atoms with van der Waals surface area (Å²) in [5, 5.41) is 7.53. The molecule has 5 heteroatoms. The van der Waals surface area contributed by atoms with E-state index in [9.17, 15) is 0 Å². The van der Waals surface area contributed by atoms with E-state index in [0.29, 0.717) is 17.3 Å². The number of methoxy groups -OCH3 is 2. The first kappa shape index (κ1) is 11.2. The van der Waals surface area contributed by atoms with Crippen LogP contribution in [0.1, 0.15) is 0 Å². The minimum atomic E-state index is 0.389. The fraction of sp³-hybridized carbons (Fsp3) is 0.167. The molecule has 1 aromatic heterocycles. The molecule has 5 nitrogen and oxygen atoms in total. The van der Waals surface area contributed by atoms with Crippen LogP contribution < -0.4 is 15.2 Å². The van der Waals surface area contributed by atoms with Crippen molar-refractivity contribution < 1.29 is 9.47 Å². The Hall–Kier alpha value is -2.30. The van der Waals surface area contributed by atoms with Gasteiger partial charge >= 0.3 is 0 Å². The topological polar surface area (TPSA) is 70.3 Å². The van der Waals surface area contributed by atoms with Gasteiger partial charge in [-0.2, -0.15) is 5.10 Å². The number of aromatic nitrogens is 2. The molecule has 0 radical (unpaired) electrons. The predicted molar refractivity (Wildman–Crippen MR) is 65.0 cm³/mol. The molecule has 0 aliphatic heterocycles. The second-order valence-corrected chi connectivity index (χ2v) is 3.40. The first-order chi connectivity index (χ1) is 8.26. The first-order valence-corrected chi connectivity index (χ1v) is 5.06. The molecule has 2 rings (SSSR count). The van der Waals surface area contributed by atoms with Gasteiger partial charge in [-0.3, -0.25) is 0 Å². The van der Waals surface area contributed by atoms with E-state index in [0.717, 1.165) is 11.1 Å². The number of nitrogens with zero attached hydrogens (tertiary/aromatic N) is 2. The molecule has 0 aliphatic rings. The Balaban J connectivity index is 2.50. The Bertz CT molecular complexity index is 529. The van der Waals surface area contributed by atoms with Crippen molar-refractivity contribution in [3.63, 3.8) is 0 Å². The molecule has 0 unspecified atom stereocenters. The van der Waals surface area contributed by atoms with Gasteiger partial charge in [0.1, 0.15) is 0 Å². The highest BCUT2D eigenvalue weighted by atomic mass is 16.5. The van der Waals surface area contributed by atoms with Crippen LogP contribution in [0.2, 0.25) is 0 Å². The third kappa shape index (κ3) is 2.13. The van der Waals surface area contributed by atoms with Crippen LogP contribution in [0.15, 0.2) is 30.5 Å². The molecule has 0 saturated carbocycles. The predicted octanol–water partition coefficient (Wildman–Crippen LogP) is 1.74. The summed E-state index contributed by atoms with van der Waals surface area (Å²) in [7, 11) is 3.19. The summed E-state index contributed by atoms with van der Waals surface area (Å²) in [5.41, 5.74) is 7.50. The molecular formula is C12H13N3O2. The molecule has 1 heterocycles. The number of benzene rings is 1. The van der Waals surface area contributed by atoms with Gasteiger partial charge in [-0.15, -0.1) is 5.10 Å². The second-order valence-electron chi connectivity index (χ2n) is 3.40. The number of anilines is 1. The molecule has 17 heavy (non-hydrogen) atoms. The molecule has 0 spiro atoms. The molecule has 0 aliphatic carbocycles. The Kier molecular flexibility index (Phi) is 3.09. The molecule has 0 amide bonds. The van der Waals surface area contributed by atoms with Crippen molar-refractivity contribution in [1.29, 1.82) is 0 Å². The van der Waals surface area contributed by atoms with E-state index in [1.165, 1.54) is 0 Å². The average Bonchev–Trinajstić information content (AvgIpc) is 2.38. The van der Waals surface area contributed by atoms with E-state index in [1.54, 1.807) is 20.4 Å². The summed E-state index contributed by atoms with van der Waals surface area (Å²) in [4.78, 5) is 0. The highest BCUT2D eigenvalue weighted by Gasteiger charge is 2.08. The highest BCUT2D eigenvalue weighted by molar-refractivity contribution is 5.75. The summed E-state index contributed by atoms with van der Waals surface area (Å²) >= 11 is 0. The normalized spacial score (nSPS) is 10.0. The van der Waals surface area contributed by atoms with E-state index in [-0.39, 0.29) is 0 Å². The zero-order valence-corrected chi connectivity index (χ0v) is 9.68. The summed E-state index contributed by atoms with van der Waals surface area (Å²) in [5.74, 6) is 1.72. The van der Waals surface area contributed by atoms with Crippen LogP contribution in [0, 0.1) is 0 Å². The molecule has 1 aromatic carbocycles.